The molecule has 5 nitrogen and oxygen atoms in total. The normalized spacial score (nSPS) is 22.3. The van der Waals surface area contributed by atoms with Gasteiger partial charge in [0.15, 0.2) is 0 Å². The molecule has 2 N–H and O–H groups in total. The van der Waals surface area contributed by atoms with Crippen LogP contribution in [-0.2, 0) is 9.59 Å². The Morgan fingerprint density at radius 1 is 1.54 bits per heavy atom. The van der Waals surface area contributed by atoms with Gasteiger partial charge < -0.3 is 15.5 Å². The minimum absolute atomic E-state index is 0.0328. The van der Waals surface area contributed by atoms with Crippen molar-refractivity contribution in [1.29, 1.82) is 0 Å². The van der Waals surface area contributed by atoms with Crippen LogP contribution in [0, 0.1) is 0 Å². The molecule has 0 aliphatic carbocycles. The van der Waals surface area contributed by atoms with Gasteiger partial charge in [-0.2, -0.15) is 0 Å². The van der Waals surface area contributed by atoms with Crippen molar-refractivity contribution in [2.24, 2.45) is 0 Å². The lowest BCUT2D eigenvalue weighted by molar-refractivity contribution is -0.133. The highest BCUT2D eigenvalue weighted by Gasteiger charge is 2.24. The predicted octanol–water partition coefficient (Wildman–Crippen LogP) is -1.45. The van der Waals surface area contributed by atoms with Gasteiger partial charge in [-0.15, -0.1) is 0 Å². The van der Waals surface area contributed by atoms with Gasteiger partial charge in [-0.25, -0.2) is 0 Å². The molecule has 1 heterocycles. The molecule has 1 fully saturated rings. The van der Waals surface area contributed by atoms with Crippen molar-refractivity contribution in [3.63, 3.8) is 0 Å². The van der Waals surface area contributed by atoms with Gasteiger partial charge in [0.25, 0.3) is 0 Å². The first-order valence-electron chi connectivity index (χ1n) is 4.32. The third-order valence-electron chi connectivity index (χ3n) is 2.01. The number of rotatable bonds is 2. The van der Waals surface area contributed by atoms with Gasteiger partial charge in [0.05, 0.1) is 12.5 Å². The van der Waals surface area contributed by atoms with E-state index in [1.165, 1.54) is 4.90 Å². The van der Waals surface area contributed by atoms with Crippen molar-refractivity contribution >= 4 is 11.8 Å². The van der Waals surface area contributed by atoms with E-state index in [4.69, 9.17) is 0 Å². The summed E-state index contributed by atoms with van der Waals surface area (Å²) >= 11 is 0. The van der Waals surface area contributed by atoms with E-state index in [9.17, 15) is 9.59 Å². The number of nitrogens with zero attached hydrogens (tertiary/aromatic N) is 1. The minimum atomic E-state index is -0.358. The minimum Gasteiger partial charge on any atom is -0.353 e. The maximum Gasteiger partial charge on any atom is 0.237 e. The monoisotopic (exact) mass is 185 g/mol. The molecule has 1 saturated heterocycles. The first-order valence-corrected chi connectivity index (χ1v) is 4.32. The number of piperazine rings is 1. The van der Waals surface area contributed by atoms with Crippen molar-refractivity contribution in [3.05, 3.63) is 0 Å². The zero-order chi connectivity index (χ0) is 9.84. The Hall–Kier alpha value is -1.10. The lowest BCUT2D eigenvalue weighted by Gasteiger charge is -2.23. The lowest BCUT2D eigenvalue weighted by Crippen LogP contribution is -2.54. The van der Waals surface area contributed by atoms with Crippen LogP contribution in [0.15, 0.2) is 0 Å². The fourth-order valence-corrected chi connectivity index (χ4v) is 1.17. The Morgan fingerprint density at radius 2 is 2.23 bits per heavy atom. The summed E-state index contributed by atoms with van der Waals surface area (Å²) in [7, 11) is 3.37. The Bertz CT molecular complexity index is 215. The van der Waals surface area contributed by atoms with E-state index in [1.807, 2.05) is 0 Å². The Kier molecular flexibility index (Phi) is 3.25. The molecule has 1 aliphatic heterocycles. The van der Waals surface area contributed by atoms with Crippen LogP contribution in [0.5, 0.6) is 0 Å². The van der Waals surface area contributed by atoms with Crippen LogP contribution < -0.4 is 10.6 Å². The molecule has 1 rings (SSSR count). The topological polar surface area (TPSA) is 61.4 Å². The molecule has 13 heavy (non-hydrogen) atoms. The smallest absolute Gasteiger partial charge is 0.237 e. The largest absolute Gasteiger partial charge is 0.353 e. The van der Waals surface area contributed by atoms with E-state index in [-0.39, 0.29) is 24.3 Å². The molecule has 2 amide bonds. The summed E-state index contributed by atoms with van der Waals surface area (Å²) in [5, 5.41) is 5.70. The van der Waals surface area contributed by atoms with Crippen LogP contribution in [0.25, 0.3) is 0 Å². The molecule has 0 unspecified atom stereocenters. The van der Waals surface area contributed by atoms with Crippen LogP contribution in [-0.4, -0.2) is 49.9 Å². The second-order valence-corrected chi connectivity index (χ2v) is 3.29. The highest BCUT2D eigenvalue weighted by atomic mass is 16.2. The molecule has 1 atom stereocenters. The van der Waals surface area contributed by atoms with Crippen molar-refractivity contribution < 1.29 is 9.59 Å². The van der Waals surface area contributed by atoms with Crippen molar-refractivity contribution in [2.75, 3.05) is 27.2 Å². The fourth-order valence-electron chi connectivity index (χ4n) is 1.17. The average Bonchev–Trinajstić information content (AvgIpc) is 2.08. The van der Waals surface area contributed by atoms with E-state index in [2.05, 4.69) is 10.6 Å². The quantitative estimate of drug-likeness (QED) is 0.553. The van der Waals surface area contributed by atoms with Crippen LogP contribution in [0.3, 0.4) is 0 Å². The first kappa shape index (κ1) is 9.98. The summed E-state index contributed by atoms with van der Waals surface area (Å²) in [4.78, 5) is 24.0. The van der Waals surface area contributed by atoms with Gasteiger partial charge in [-0.1, -0.05) is 0 Å². The molecule has 0 aromatic carbocycles. The zero-order valence-corrected chi connectivity index (χ0v) is 7.96. The Labute approximate surface area is 77.5 Å². The maximum absolute atomic E-state index is 11.3. The molecule has 0 bridgehead atoms. The number of hydrogen-bond acceptors (Lipinski definition) is 3. The maximum atomic E-state index is 11.3. The first-order chi connectivity index (χ1) is 6.11. The van der Waals surface area contributed by atoms with Crippen LogP contribution in [0.4, 0.5) is 0 Å². The number of carbonyl (C=O) groups is 2. The van der Waals surface area contributed by atoms with Gasteiger partial charge >= 0.3 is 0 Å². The summed E-state index contributed by atoms with van der Waals surface area (Å²) in [6, 6.07) is -0.358. The van der Waals surface area contributed by atoms with E-state index < -0.39 is 0 Å². The number of hydrogen-bond donors (Lipinski definition) is 2. The molecular weight excluding hydrogens is 170 g/mol. The second-order valence-electron chi connectivity index (χ2n) is 3.29. The SMILES string of the molecule is CN(C)C(=O)C[C@H]1NCCNC1=O. The molecule has 0 aromatic rings. The molecule has 5 heteroatoms. The van der Waals surface area contributed by atoms with E-state index in [1.54, 1.807) is 14.1 Å². The average molecular weight is 185 g/mol. The van der Waals surface area contributed by atoms with Crippen molar-refractivity contribution in [1.82, 2.24) is 15.5 Å². The van der Waals surface area contributed by atoms with Crippen molar-refractivity contribution in [2.45, 2.75) is 12.5 Å². The summed E-state index contributed by atoms with van der Waals surface area (Å²) < 4.78 is 0. The highest BCUT2D eigenvalue weighted by Crippen LogP contribution is 1.98. The lowest BCUT2D eigenvalue weighted by atomic mass is 10.1. The third-order valence-corrected chi connectivity index (χ3v) is 2.01. The summed E-state index contributed by atoms with van der Waals surface area (Å²) in [6.45, 7) is 1.38. The highest BCUT2D eigenvalue weighted by molar-refractivity contribution is 5.88. The fraction of sp³-hybridized carbons (Fsp3) is 0.750. The van der Waals surface area contributed by atoms with E-state index in [0.29, 0.717) is 6.54 Å². The van der Waals surface area contributed by atoms with E-state index in [0.717, 1.165) is 6.54 Å². The van der Waals surface area contributed by atoms with Crippen LogP contribution in [0.1, 0.15) is 6.42 Å². The van der Waals surface area contributed by atoms with E-state index >= 15 is 0 Å². The van der Waals surface area contributed by atoms with Crippen LogP contribution in [0.2, 0.25) is 0 Å². The van der Waals surface area contributed by atoms with Gasteiger partial charge in [0, 0.05) is 27.2 Å². The van der Waals surface area contributed by atoms with Gasteiger partial charge in [0.2, 0.25) is 11.8 Å². The zero-order valence-electron chi connectivity index (χ0n) is 7.96. The Morgan fingerprint density at radius 3 is 2.77 bits per heavy atom. The molecule has 0 radical (unpaired) electrons. The molecular formula is C8H15N3O2. The summed E-state index contributed by atoms with van der Waals surface area (Å²) in [5.74, 6) is -0.115. The predicted molar refractivity (Wildman–Crippen MR) is 48.1 cm³/mol. The molecule has 0 saturated carbocycles. The standard InChI is InChI=1S/C8H15N3O2/c1-11(2)7(12)5-6-8(13)10-4-3-9-6/h6,9H,3-5H2,1-2H3,(H,10,13)/t6-/m1/s1. The molecule has 74 valence electrons. The Balaban J connectivity index is 2.43. The second kappa shape index (κ2) is 4.23. The summed E-state index contributed by atoms with van der Waals surface area (Å²) in [6.07, 6.45) is 0.235. The van der Waals surface area contributed by atoms with Gasteiger partial charge in [-0.3, -0.25) is 9.59 Å². The van der Waals surface area contributed by atoms with Gasteiger partial charge in [-0.05, 0) is 0 Å². The molecule has 0 aromatic heterocycles. The summed E-state index contributed by atoms with van der Waals surface area (Å²) in [5.41, 5.74) is 0. The molecule has 1 aliphatic rings. The number of amides is 2. The van der Waals surface area contributed by atoms with Gasteiger partial charge in [0.1, 0.15) is 0 Å². The number of carbonyl (C=O) groups excluding carboxylic acids is 2. The number of nitrogens with one attached hydrogen (secondary N) is 2. The van der Waals surface area contributed by atoms with Crippen molar-refractivity contribution in [3.8, 4) is 0 Å². The molecule has 0 spiro atoms. The van der Waals surface area contributed by atoms with Crippen LogP contribution >= 0.6 is 0 Å². The third kappa shape index (κ3) is 2.69.